The van der Waals surface area contributed by atoms with E-state index in [1.165, 1.54) is 18.2 Å². The fourth-order valence-corrected chi connectivity index (χ4v) is 6.33. The summed E-state index contributed by atoms with van der Waals surface area (Å²) in [4.78, 5) is 15.5. The van der Waals surface area contributed by atoms with Gasteiger partial charge >= 0.3 is 0 Å². The van der Waals surface area contributed by atoms with Crippen LogP contribution >= 0.6 is 0 Å². The van der Waals surface area contributed by atoms with Gasteiger partial charge in [-0.3, -0.25) is 14.4 Å². The Bertz CT molecular complexity index is 1140. The van der Waals surface area contributed by atoms with E-state index in [1.807, 2.05) is 6.07 Å². The van der Waals surface area contributed by atoms with E-state index in [1.54, 1.807) is 10.6 Å². The Morgan fingerprint density at radius 1 is 1.06 bits per heavy atom. The molecule has 0 unspecified atom stereocenters. The minimum absolute atomic E-state index is 0.00531. The van der Waals surface area contributed by atoms with Crippen molar-refractivity contribution >= 4 is 15.7 Å². The number of pyridine rings is 1. The number of benzene rings is 1. The Morgan fingerprint density at radius 2 is 1.87 bits per heavy atom. The van der Waals surface area contributed by atoms with Gasteiger partial charge in [0.25, 0.3) is 15.6 Å². The van der Waals surface area contributed by atoms with E-state index in [9.17, 15) is 17.6 Å². The van der Waals surface area contributed by atoms with Crippen molar-refractivity contribution in [3.8, 4) is 0 Å². The Kier molecular flexibility index (Phi) is 5.35. The zero-order valence-corrected chi connectivity index (χ0v) is 18.0. The Morgan fingerprint density at radius 3 is 2.65 bits per heavy atom. The molecule has 2 fully saturated rings. The number of halogens is 1. The standard InChI is InChI=1S/C22H26FN3O4S/c23-17-2-1-3-19(11-17)31(28,29)24-20-4-5-21-16-10-15(13-26(21)22(20)27)12-25(14-16)18-6-8-30-9-7-18/h1-5,11,15-16,18,24H,6-10,12-14H2/t15-,16+/m0/s1. The molecular formula is C22H26FN3O4S. The number of anilines is 1. The molecule has 0 saturated carbocycles. The molecule has 4 heterocycles. The van der Waals surface area contributed by atoms with Gasteiger partial charge in [-0.2, -0.15) is 0 Å². The maximum absolute atomic E-state index is 13.5. The highest BCUT2D eigenvalue weighted by Crippen LogP contribution is 2.37. The number of piperidine rings is 1. The van der Waals surface area contributed by atoms with Gasteiger partial charge in [0.15, 0.2) is 0 Å². The average molecular weight is 448 g/mol. The van der Waals surface area contributed by atoms with Crippen molar-refractivity contribution in [1.82, 2.24) is 9.47 Å². The van der Waals surface area contributed by atoms with E-state index < -0.39 is 15.8 Å². The van der Waals surface area contributed by atoms with E-state index in [0.717, 1.165) is 57.3 Å². The van der Waals surface area contributed by atoms with Crippen LogP contribution in [0, 0.1) is 11.7 Å². The smallest absolute Gasteiger partial charge is 0.275 e. The molecule has 2 aromatic rings. The minimum Gasteiger partial charge on any atom is -0.381 e. The highest BCUT2D eigenvalue weighted by atomic mass is 32.2. The molecule has 1 aromatic carbocycles. The van der Waals surface area contributed by atoms with Gasteiger partial charge in [0, 0.05) is 50.5 Å². The Balaban J connectivity index is 1.40. The fourth-order valence-electron chi connectivity index (χ4n) is 5.25. The molecule has 0 amide bonds. The summed E-state index contributed by atoms with van der Waals surface area (Å²) in [6, 6.07) is 8.68. The molecule has 2 bridgehead atoms. The molecule has 3 aliphatic rings. The van der Waals surface area contributed by atoms with Gasteiger partial charge < -0.3 is 9.30 Å². The number of fused-ring (bicyclic) bond motifs is 4. The summed E-state index contributed by atoms with van der Waals surface area (Å²) in [5.41, 5.74) is 0.618. The molecule has 31 heavy (non-hydrogen) atoms. The fraction of sp³-hybridized carbons (Fsp3) is 0.500. The van der Waals surface area contributed by atoms with Crippen molar-refractivity contribution in [2.45, 2.75) is 42.7 Å². The topological polar surface area (TPSA) is 80.6 Å². The molecule has 1 N–H and O–H groups in total. The van der Waals surface area contributed by atoms with E-state index in [-0.39, 0.29) is 22.1 Å². The number of nitrogens with zero attached hydrogens (tertiary/aromatic N) is 2. The van der Waals surface area contributed by atoms with Crippen molar-refractivity contribution in [3.63, 3.8) is 0 Å². The first kappa shape index (κ1) is 20.7. The summed E-state index contributed by atoms with van der Waals surface area (Å²) >= 11 is 0. The third-order valence-electron chi connectivity index (χ3n) is 6.69. The van der Waals surface area contributed by atoms with Crippen LogP contribution in [0.25, 0.3) is 0 Å². The van der Waals surface area contributed by atoms with Crippen molar-refractivity contribution in [2.75, 3.05) is 31.0 Å². The van der Waals surface area contributed by atoms with E-state index in [2.05, 4.69) is 9.62 Å². The van der Waals surface area contributed by atoms with Crippen molar-refractivity contribution in [3.05, 3.63) is 58.3 Å². The first-order valence-electron chi connectivity index (χ1n) is 10.7. The number of hydrogen-bond acceptors (Lipinski definition) is 5. The largest absolute Gasteiger partial charge is 0.381 e. The third-order valence-corrected chi connectivity index (χ3v) is 8.05. The molecule has 2 atom stereocenters. The number of hydrogen-bond donors (Lipinski definition) is 1. The highest BCUT2D eigenvalue weighted by Gasteiger charge is 2.37. The summed E-state index contributed by atoms with van der Waals surface area (Å²) in [7, 11) is -4.05. The van der Waals surface area contributed by atoms with Crippen LogP contribution in [-0.2, 0) is 21.3 Å². The van der Waals surface area contributed by atoms with E-state index in [4.69, 9.17) is 4.74 Å². The van der Waals surface area contributed by atoms with Crippen LogP contribution in [0.3, 0.4) is 0 Å². The van der Waals surface area contributed by atoms with Gasteiger partial charge in [0.2, 0.25) is 0 Å². The molecule has 1 aromatic heterocycles. The lowest BCUT2D eigenvalue weighted by Gasteiger charge is -2.46. The third kappa shape index (κ3) is 4.02. The van der Waals surface area contributed by atoms with Crippen LogP contribution in [0.5, 0.6) is 0 Å². The zero-order valence-electron chi connectivity index (χ0n) is 17.2. The second kappa shape index (κ2) is 8.03. The first-order valence-corrected chi connectivity index (χ1v) is 12.2. The lowest BCUT2D eigenvalue weighted by Crippen LogP contribution is -2.51. The minimum atomic E-state index is -4.05. The summed E-state index contributed by atoms with van der Waals surface area (Å²) < 4.78 is 48.3. The number of ether oxygens (including phenoxy) is 1. The highest BCUT2D eigenvalue weighted by molar-refractivity contribution is 7.92. The van der Waals surface area contributed by atoms with Gasteiger partial charge in [0.05, 0.1) is 4.90 Å². The predicted octanol–water partition coefficient (Wildman–Crippen LogP) is 2.39. The summed E-state index contributed by atoms with van der Waals surface area (Å²) in [5, 5.41) is 0. The maximum atomic E-state index is 13.5. The van der Waals surface area contributed by atoms with Crippen LogP contribution < -0.4 is 10.3 Å². The van der Waals surface area contributed by atoms with Gasteiger partial charge in [-0.1, -0.05) is 6.07 Å². The molecule has 0 aliphatic carbocycles. The van der Waals surface area contributed by atoms with Crippen LogP contribution in [-0.4, -0.2) is 50.2 Å². The number of rotatable bonds is 4. The molecule has 7 nitrogen and oxygen atoms in total. The lowest BCUT2D eigenvalue weighted by atomic mass is 9.82. The SMILES string of the molecule is O=c1c(NS(=O)(=O)c2cccc(F)c2)ccc2n1C[C@H]1C[C@@H]2CN(C2CCOCC2)C1. The second-order valence-corrected chi connectivity index (χ2v) is 10.4. The number of aromatic nitrogens is 1. The maximum Gasteiger partial charge on any atom is 0.275 e. The van der Waals surface area contributed by atoms with Crippen LogP contribution in [0.1, 0.15) is 30.9 Å². The summed E-state index contributed by atoms with van der Waals surface area (Å²) in [5.74, 6) is -0.0225. The first-order chi connectivity index (χ1) is 14.9. The second-order valence-electron chi connectivity index (χ2n) is 8.75. The molecule has 0 radical (unpaired) electrons. The molecule has 5 rings (SSSR count). The van der Waals surface area contributed by atoms with Gasteiger partial charge in [0.1, 0.15) is 11.5 Å². The van der Waals surface area contributed by atoms with Crippen molar-refractivity contribution < 1.29 is 17.5 Å². The summed E-state index contributed by atoms with van der Waals surface area (Å²) in [6.45, 7) is 4.06. The Hall–Kier alpha value is -2.23. The van der Waals surface area contributed by atoms with Gasteiger partial charge in [-0.15, -0.1) is 0 Å². The van der Waals surface area contributed by atoms with E-state index in [0.29, 0.717) is 18.5 Å². The Labute approximate surface area is 180 Å². The summed E-state index contributed by atoms with van der Waals surface area (Å²) in [6.07, 6.45) is 3.15. The molecule has 0 spiro atoms. The van der Waals surface area contributed by atoms with Crippen molar-refractivity contribution in [1.29, 1.82) is 0 Å². The molecular weight excluding hydrogens is 421 g/mol. The number of likely N-dealkylation sites (tertiary alicyclic amines) is 1. The van der Waals surface area contributed by atoms with Gasteiger partial charge in [-0.05, 0) is 55.5 Å². The van der Waals surface area contributed by atoms with Crippen LogP contribution in [0.4, 0.5) is 10.1 Å². The van der Waals surface area contributed by atoms with Gasteiger partial charge in [-0.25, -0.2) is 12.8 Å². The predicted molar refractivity (Wildman–Crippen MR) is 114 cm³/mol. The van der Waals surface area contributed by atoms with E-state index >= 15 is 0 Å². The normalized spacial score (nSPS) is 24.5. The molecule has 166 valence electrons. The molecule has 2 saturated heterocycles. The van der Waals surface area contributed by atoms with Crippen LogP contribution in [0.15, 0.2) is 46.1 Å². The average Bonchev–Trinajstić information content (AvgIpc) is 2.76. The number of nitrogens with one attached hydrogen (secondary N) is 1. The number of sulfonamides is 1. The molecule has 3 aliphatic heterocycles. The lowest BCUT2D eigenvalue weighted by molar-refractivity contribution is 0.00589. The quantitative estimate of drug-likeness (QED) is 0.779. The molecule has 9 heteroatoms. The zero-order chi connectivity index (χ0) is 21.6. The van der Waals surface area contributed by atoms with Crippen LogP contribution in [0.2, 0.25) is 0 Å². The van der Waals surface area contributed by atoms with Crippen molar-refractivity contribution in [2.24, 2.45) is 5.92 Å². The monoisotopic (exact) mass is 447 g/mol.